The summed E-state index contributed by atoms with van der Waals surface area (Å²) in [7, 11) is 0. The number of rotatable bonds is 14. The van der Waals surface area contributed by atoms with Crippen LogP contribution in [0.1, 0.15) is 57.4 Å². The van der Waals surface area contributed by atoms with Crippen molar-refractivity contribution < 1.29 is 15.0 Å². The minimum atomic E-state index is 0.0989. The van der Waals surface area contributed by atoms with Gasteiger partial charge in [0.05, 0.1) is 4.90 Å². The summed E-state index contributed by atoms with van der Waals surface area (Å²) in [5, 5.41) is 20.6. The van der Waals surface area contributed by atoms with Crippen LogP contribution in [0.15, 0.2) is 35.2 Å². The average Bonchev–Trinajstić information content (AvgIpc) is 2.98. The van der Waals surface area contributed by atoms with Crippen molar-refractivity contribution in [3.8, 4) is 11.8 Å². The van der Waals surface area contributed by atoms with E-state index < -0.39 is 0 Å². The molecule has 2 rings (SSSR count). The van der Waals surface area contributed by atoms with E-state index in [0.717, 1.165) is 30.5 Å². The van der Waals surface area contributed by atoms with E-state index in [1.54, 1.807) is 15.5 Å². The highest BCUT2D eigenvalue weighted by atomic mass is 32.2. The van der Waals surface area contributed by atoms with Crippen LogP contribution in [0.4, 0.5) is 5.69 Å². The summed E-state index contributed by atoms with van der Waals surface area (Å²) in [6, 6.07) is 9.42. The number of anilines is 1. The summed E-state index contributed by atoms with van der Waals surface area (Å²) in [5.74, 6) is 0.842. The molecule has 0 spiro atoms. The van der Waals surface area contributed by atoms with Crippen LogP contribution in [0.2, 0.25) is 0 Å². The maximum absolute atomic E-state index is 11.4. The number of carbonyl (C=O) groups is 1. The molecule has 160 valence electrons. The summed E-state index contributed by atoms with van der Waals surface area (Å²) in [6.45, 7) is 5.37. The van der Waals surface area contributed by atoms with Crippen molar-refractivity contribution in [3.05, 3.63) is 35.9 Å². The lowest BCUT2D eigenvalue weighted by Crippen LogP contribution is -2.23. The van der Waals surface area contributed by atoms with Crippen molar-refractivity contribution in [2.75, 3.05) is 17.2 Å². The van der Waals surface area contributed by atoms with E-state index in [1.165, 1.54) is 43.9 Å². The SMILES string of the molecule is CCCCCCCCCn1c(O)cc(SCCN(C=O)c2ccc(C)cc2)c1O. The van der Waals surface area contributed by atoms with Gasteiger partial charge in [0.1, 0.15) is 0 Å². The molecule has 0 saturated heterocycles. The first-order chi connectivity index (χ1) is 14.1. The lowest BCUT2D eigenvalue weighted by molar-refractivity contribution is -0.107. The van der Waals surface area contributed by atoms with Crippen LogP contribution in [0.3, 0.4) is 0 Å². The first-order valence-corrected chi connectivity index (χ1v) is 11.6. The van der Waals surface area contributed by atoms with E-state index in [1.807, 2.05) is 31.2 Å². The Balaban J connectivity index is 1.80. The lowest BCUT2D eigenvalue weighted by atomic mass is 10.1. The van der Waals surface area contributed by atoms with Crippen LogP contribution in [-0.2, 0) is 11.3 Å². The number of nitrogens with zero attached hydrogens (tertiary/aromatic N) is 2. The zero-order valence-electron chi connectivity index (χ0n) is 17.6. The first-order valence-electron chi connectivity index (χ1n) is 10.6. The first kappa shape index (κ1) is 23.2. The number of carbonyl (C=O) groups excluding carboxylic acids is 1. The fraction of sp³-hybridized carbons (Fsp3) is 0.522. The highest BCUT2D eigenvalue weighted by Gasteiger charge is 2.14. The van der Waals surface area contributed by atoms with Crippen LogP contribution in [0, 0.1) is 6.92 Å². The molecule has 0 aliphatic carbocycles. The largest absolute Gasteiger partial charge is 0.494 e. The molecule has 0 aliphatic heterocycles. The molecule has 0 saturated carbocycles. The summed E-state index contributed by atoms with van der Waals surface area (Å²) < 4.78 is 1.58. The standard InChI is InChI=1S/C23H34N2O3S/c1-3-4-5-6-7-8-9-14-25-22(27)17-21(23(25)28)29-16-15-24(18-26)20-12-10-19(2)11-13-20/h10-13,17-18,27-28H,3-9,14-16H2,1-2H3. The molecule has 0 atom stereocenters. The lowest BCUT2D eigenvalue weighted by Gasteiger charge is -2.17. The third-order valence-electron chi connectivity index (χ3n) is 5.08. The Kier molecular flexibility index (Phi) is 9.98. The molecule has 0 fully saturated rings. The Bertz CT molecular complexity index is 743. The zero-order valence-corrected chi connectivity index (χ0v) is 18.5. The number of amides is 1. The van der Waals surface area contributed by atoms with Crippen molar-refractivity contribution in [1.29, 1.82) is 0 Å². The van der Waals surface area contributed by atoms with E-state index in [0.29, 0.717) is 23.7 Å². The van der Waals surface area contributed by atoms with Gasteiger partial charge in [-0.2, -0.15) is 0 Å². The van der Waals surface area contributed by atoms with Gasteiger partial charge in [0.15, 0.2) is 5.88 Å². The third kappa shape index (κ3) is 7.35. The Labute approximate surface area is 178 Å². The molecule has 0 aliphatic rings. The molecule has 5 nitrogen and oxygen atoms in total. The average molecular weight is 419 g/mol. The van der Waals surface area contributed by atoms with Crippen LogP contribution >= 0.6 is 11.8 Å². The van der Waals surface area contributed by atoms with Crippen LogP contribution in [0.25, 0.3) is 0 Å². The Morgan fingerprint density at radius 1 is 1.03 bits per heavy atom. The van der Waals surface area contributed by atoms with Crippen molar-refractivity contribution in [2.45, 2.75) is 70.2 Å². The predicted octanol–water partition coefficient (Wildman–Crippen LogP) is 5.71. The number of unbranched alkanes of at least 4 members (excludes halogenated alkanes) is 6. The van der Waals surface area contributed by atoms with Crippen molar-refractivity contribution in [3.63, 3.8) is 0 Å². The van der Waals surface area contributed by atoms with Gasteiger partial charge in [-0.1, -0.05) is 63.1 Å². The van der Waals surface area contributed by atoms with Crippen LogP contribution in [0.5, 0.6) is 11.8 Å². The number of hydrogen-bond acceptors (Lipinski definition) is 4. The highest BCUT2D eigenvalue weighted by molar-refractivity contribution is 7.99. The highest BCUT2D eigenvalue weighted by Crippen LogP contribution is 2.35. The topological polar surface area (TPSA) is 65.7 Å². The number of benzene rings is 1. The maximum atomic E-state index is 11.4. The monoisotopic (exact) mass is 418 g/mol. The summed E-state index contributed by atoms with van der Waals surface area (Å²) in [5.41, 5.74) is 2.01. The molecule has 0 radical (unpaired) electrons. The summed E-state index contributed by atoms with van der Waals surface area (Å²) >= 11 is 1.44. The molecule has 2 N–H and O–H groups in total. The summed E-state index contributed by atoms with van der Waals surface area (Å²) in [4.78, 5) is 13.7. The van der Waals surface area contributed by atoms with Crippen molar-refractivity contribution in [1.82, 2.24) is 4.57 Å². The number of aryl methyl sites for hydroxylation is 1. The minimum Gasteiger partial charge on any atom is -0.494 e. The summed E-state index contributed by atoms with van der Waals surface area (Å²) in [6.07, 6.45) is 9.17. The predicted molar refractivity (Wildman–Crippen MR) is 121 cm³/mol. The fourth-order valence-corrected chi connectivity index (χ4v) is 4.22. The van der Waals surface area contributed by atoms with E-state index >= 15 is 0 Å². The van der Waals surface area contributed by atoms with Crippen LogP contribution < -0.4 is 4.90 Å². The molecule has 0 bridgehead atoms. The number of thioether (sulfide) groups is 1. The zero-order chi connectivity index (χ0) is 21.1. The van der Waals surface area contributed by atoms with Gasteiger partial charge >= 0.3 is 0 Å². The molecule has 0 unspecified atom stereocenters. The van der Waals surface area contributed by atoms with E-state index in [2.05, 4.69) is 6.92 Å². The fourth-order valence-electron chi connectivity index (χ4n) is 3.29. The second-order valence-corrected chi connectivity index (χ2v) is 8.58. The molecule has 1 aromatic carbocycles. The van der Waals surface area contributed by atoms with Crippen LogP contribution in [-0.4, -0.2) is 33.5 Å². The van der Waals surface area contributed by atoms with Gasteiger partial charge < -0.3 is 15.1 Å². The van der Waals surface area contributed by atoms with E-state index in [4.69, 9.17) is 0 Å². The molecular formula is C23H34N2O3S. The van der Waals surface area contributed by atoms with Gasteiger partial charge in [0.25, 0.3) is 0 Å². The molecule has 1 aromatic heterocycles. The Hall–Kier alpha value is -2.08. The van der Waals surface area contributed by atoms with E-state index in [9.17, 15) is 15.0 Å². The molecule has 1 heterocycles. The second kappa shape index (κ2) is 12.5. The molecule has 6 heteroatoms. The molecule has 1 amide bonds. The quantitative estimate of drug-likeness (QED) is 0.234. The molecular weight excluding hydrogens is 384 g/mol. The number of aromatic nitrogens is 1. The normalized spacial score (nSPS) is 11.0. The van der Waals surface area contributed by atoms with Gasteiger partial charge in [-0.25, -0.2) is 0 Å². The van der Waals surface area contributed by atoms with Gasteiger partial charge in [-0.05, 0) is 25.5 Å². The van der Waals surface area contributed by atoms with Crippen molar-refractivity contribution >= 4 is 23.9 Å². The van der Waals surface area contributed by atoms with Gasteiger partial charge in [-0.3, -0.25) is 9.36 Å². The molecule has 2 aromatic rings. The maximum Gasteiger partial charge on any atom is 0.214 e. The number of hydrogen-bond donors (Lipinski definition) is 2. The minimum absolute atomic E-state index is 0.0989. The smallest absolute Gasteiger partial charge is 0.214 e. The second-order valence-electron chi connectivity index (χ2n) is 7.45. The molecule has 29 heavy (non-hydrogen) atoms. The third-order valence-corrected chi connectivity index (χ3v) is 6.08. The number of aromatic hydroxyl groups is 2. The Morgan fingerprint density at radius 2 is 1.69 bits per heavy atom. The van der Waals surface area contributed by atoms with Crippen molar-refractivity contribution in [2.24, 2.45) is 0 Å². The van der Waals surface area contributed by atoms with Gasteiger partial charge in [0, 0.05) is 30.6 Å². The van der Waals surface area contributed by atoms with Gasteiger partial charge in [0.2, 0.25) is 12.3 Å². The Morgan fingerprint density at radius 3 is 2.34 bits per heavy atom. The van der Waals surface area contributed by atoms with E-state index in [-0.39, 0.29) is 11.8 Å². The van der Waals surface area contributed by atoms with Gasteiger partial charge in [-0.15, -0.1) is 11.8 Å².